The standard InChI is InChI=1S/C12H16Cl2O3/c1-16-4-5-17-8-10(15)6-9-2-3-11(13)12(14)7-9/h2-3,7,10,15H,4-6,8H2,1H3. The Kier molecular flexibility index (Phi) is 6.85. The Morgan fingerprint density at radius 2 is 2.00 bits per heavy atom. The van der Waals surface area contributed by atoms with E-state index in [9.17, 15) is 5.11 Å². The molecule has 0 saturated carbocycles. The highest BCUT2D eigenvalue weighted by Gasteiger charge is 2.07. The molecule has 0 spiro atoms. The van der Waals surface area contributed by atoms with E-state index in [0.29, 0.717) is 29.7 Å². The van der Waals surface area contributed by atoms with E-state index in [0.717, 1.165) is 5.56 Å². The smallest absolute Gasteiger partial charge is 0.0813 e. The molecule has 0 bridgehead atoms. The van der Waals surface area contributed by atoms with Gasteiger partial charge in [-0.3, -0.25) is 0 Å². The van der Waals surface area contributed by atoms with Crippen molar-refractivity contribution >= 4 is 23.2 Å². The summed E-state index contributed by atoms with van der Waals surface area (Å²) in [5, 5.41) is 10.7. The van der Waals surface area contributed by atoms with Gasteiger partial charge in [0, 0.05) is 13.5 Å². The Labute approximate surface area is 111 Å². The lowest BCUT2D eigenvalue weighted by molar-refractivity contribution is 0.0137. The first-order chi connectivity index (χ1) is 8.13. The van der Waals surface area contributed by atoms with Gasteiger partial charge in [-0.15, -0.1) is 0 Å². The highest BCUT2D eigenvalue weighted by atomic mass is 35.5. The Morgan fingerprint density at radius 1 is 1.24 bits per heavy atom. The molecule has 0 aliphatic carbocycles. The normalized spacial score (nSPS) is 12.7. The molecule has 1 atom stereocenters. The number of halogens is 2. The molecule has 0 amide bonds. The molecule has 0 heterocycles. The lowest BCUT2D eigenvalue weighted by Gasteiger charge is -2.11. The van der Waals surface area contributed by atoms with E-state index >= 15 is 0 Å². The maximum absolute atomic E-state index is 9.72. The van der Waals surface area contributed by atoms with Crippen molar-refractivity contribution in [1.29, 1.82) is 0 Å². The minimum Gasteiger partial charge on any atom is -0.390 e. The second-order valence-corrected chi connectivity index (χ2v) is 4.49. The third-order valence-corrected chi connectivity index (χ3v) is 2.94. The zero-order valence-electron chi connectivity index (χ0n) is 9.66. The monoisotopic (exact) mass is 278 g/mol. The fourth-order valence-electron chi connectivity index (χ4n) is 1.36. The number of ether oxygens (including phenoxy) is 2. The van der Waals surface area contributed by atoms with Crippen LogP contribution in [0.1, 0.15) is 5.56 Å². The third kappa shape index (κ3) is 5.70. The van der Waals surface area contributed by atoms with Crippen LogP contribution in [-0.2, 0) is 15.9 Å². The predicted octanol–water partition coefficient (Wildman–Crippen LogP) is 2.56. The highest BCUT2D eigenvalue weighted by Crippen LogP contribution is 2.23. The number of hydrogen-bond donors (Lipinski definition) is 1. The van der Waals surface area contributed by atoms with Crippen LogP contribution >= 0.6 is 23.2 Å². The summed E-state index contributed by atoms with van der Waals surface area (Å²) in [5.41, 5.74) is 0.933. The van der Waals surface area contributed by atoms with Crippen LogP contribution in [0, 0.1) is 0 Å². The van der Waals surface area contributed by atoms with Crippen molar-refractivity contribution in [3.63, 3.8) is 0 Å². The molecule has 0 radical (unpaired) electrons. The van der Waals surface area contributed by atoms with Gasteiger partial charge in [0.05, 0.1) is 36.0 Å². The number of hydrogen-bond acceptors (Lipinski definition) is 3. The third-order valence-electron chi connectivity index (χ3n) is 2.20. The Hall–Kier alpha value is -0.320. The van der Waals surface area contributed by atoms with Crippen LogP contribution in [0.5, 0.6) is 0 Å². The Bertz CT molecular complexity index is 345. The SMILES string of the molecule is COCCOCC(O)Cc1ccc(Cl)c(Cl)c1. The Morgan fingerprint density at radius 3 is 2.65 bits per heavy atom. The molecular formula is C12H16Cl2O3. The van der Waals surface area contributed by atoms with E-state index in [1.54, 1.807) is 19.2 Å². The summed E-state index contributed by atoms with van der Waals surface area (Å²) >= 11 is 11.7. The van der Waals surface area contributed by atoms with Crippen LogP contribution < -0.4 is 0 Å². The van der Waals surface area contributed by atoms with Crippen LogP contribution in [0.4, 0.5) is 0 Å². The van der Waals surface area contributed by atoms with Crippen molar-refractivity contribution in [1.82, 2.24) is 0 Å². The van der Waals surface area contributed by atoms with Crippen molar-refractivity contribution in [2.24, 2.45) is 0 Å². The first-order valence-electron chi connectivity index (χ1n) is 5.32. The minimum absolute atomic E-state index is 0.281. The predicted molar refractivity (Wildman–Crippen MR) is 68.9 cm³/mol. The van der Waals surface area contributed by atoms with Gasteiger partial charge >= 0.3 is 0 Å². The molecule has 1 aromatic carbocycles. The van der Waals surface area contributed by atoms with Crippen molar-refractivity contribution in [2.75, 3.05) is 26.9 Å². The molecule has 17 heavy (non-hydrogen) atoms. The van der Waals surface area contributed by atoms with Crippen LogP contribution in [0.2, 0.25) is 10.0 Å². The van der Waals surface area contributed by atoms with Gasteiger partial charge in [0.1, 0.15) is 0 Å². The highest BCUT2D eigenvalue weighted by molar-refractivity contribution is 6.42. The summed E-state index contributed by atoms with van der Waals surface area (Å²) in [5.74, 6) is 0. The van der Waals surface area contributed by atoms with Gasteiger partial charge in [0.15, 0.2) is 0 Å². The molecule has 5 heteroatoms. The van der Waals surface area contributed by atoms with Crippen molar-refractivity contribution in [3.8, 4) is 0 Å². The topological polar surface area (TPSA) is 38.7 Å². The number of rotatable bonds is 7. The van der Waals surface area contributed by atoms with E-state index in [4.69, 9.17) is 32.7 Å². The van der Waals surface area contributed by atoms with Gasteiger partial charge in [0.2, 0.25) is 0 Å². The van der Waals surface area contributed by atoms with E-state index in [2.05, 4.69) is 0 Å². The second kappa shape index (κ2) is 7.90. The molecule has 0 saturated heterocycles. The average Bonchev–Trinajstić information content (AvgIpc) is 2.30. The van der Waals surface area contributed by atoms with Crippen LogP contribution in [0.25, 0.3) is 0 Å². The zero-order chi connectivity index (χ0) is 12.7. The van der Waals surface area contributed by atoms with Crippen molar-refractivity contribution in [2.45, 2.75) is 12.5 Å². The van der Waals surface area contributed by atoms with Gasteiger partial charge < -0.3 is 14.6 Å². The van der Waals surface area contributed by atoms with Crippen molar-refractivity contribution in [3.05, 3.63) is 33.8 Å². The molecule has 0 aliphatic heterocycles. The van der Waals surface area contributed by atoms with Gasteiger partial charge in [-0.25, -0.2) is 0 Å². The first kappa shape index (κ1) is 14.7. The molecule has 1 unspecified atom stereocenters. The summed E-state index contributed by atoms with van der Waals surface area (Å²) in [6.07, 6.45) is -0.0618. The minimum atomic E-state index is -0.552. The largest absolute Gasteiger partial charge is 0.390 e. The van der Waals surface area contributed by atoms with E-state index in [-0.39, 0.29) is 6.61 Å². The molecule has 0 aromatic heterocycles. The van der Waals surface area contributed by atoms with E-state index < -0.39 is 6.10 Å². The summed E-state index contributed by atoms with van der Waals surface area (Å²) in [6.45, 7) is 1.29. The van der Waals surface area contributed by atoms with Gasteiger partial charge in [-0.2, -0.15) is 0 Å². The van der Waals surface area contributed by atoms with Gasteiger partial charge in [0.25, 0.3) is 0 Å². The number of aliphatic hydroxyl groups is 1. The molecule has 1 rings (SSSR count). The summed E-state index contributed by atoms with van der Waals surface area (Å²) in [7, 11) is 1.61. The Balaban J connectivity index is 2.34. The summed E-state index contributed by atoms with van der Waals surface area (Å²) in [6, 6.07) is 5.31. The molecule has 1 N–H and O–H groups in total. The quantitative estimate of drug-likeness (QED) is 0.780. The molecule has 0 fully saturated rings. The van der Waals surface area contributed by atoms with Crippen molar-refractivity contribution < 1.29 is 14.6 Å². The van der Waals surface area contributed by atoms with Crippen LogP contribution in [0.3, 0.4) is 0 Å². The number of benzene rings is 1. The lowest BCUT2D eigenvalue weighted by Crippen LogP contribution is -2.19. The summed E-state index contributed by atoms with van der Waals surface area (Å²) in [4.78, 5) is 0. The van der Waals surface area contributed by atoms with Gasteiger partial charge in [-0.05, 0) is 17.7 Å². The fraction of sp³-hybridized carbons (Fsp3) is 0.500. The van der Waals surface area contributed by atoms with Gasteiger partial charge in [-0.1, -0.05) is 29.3 Å². The van der Waals surface area contributed by atoms with Crippen LogP contribution in [0.15, 0.2) is 18.2 Å². The molecule has 96 valence electrons. The molecule has 0 aliphatic rings. The molecule has 3 nitrogen and oxygen atoms in total. The average molecular weight is 279 g/mol. The number of aliphatic hydroxyl groups excluding tert-OH is 1. The van der Waals surface area contributed by atoms with E-state index in [1.807, 2.05) is 6.07 Å². The van der Waals surface area contributed by atoms with E-state index in [1.165, 1.54) is 0 Å². The first-order valence-corrected chi connectivity index (χ1v) is 6.07. The molecular weight excluding hydrogens is 263 g/mol. The zero-order valence-corrected chi connectivity index (χ0v) is 11.2. The van der Waals surface area contributed by atoms with Crippen LogP contribution in [-0.4, -0.2) is 38.1 Å². The number of methoxy groups -OCH3 is 1. The summed E-state index contributed by atoms with van der Waals surface area (Å²) < 4.78 is 10.1. The second-order valence-electron chi connectivity index (χ2n) is 3.67. The lowest BCUT2D eigenvalue weighted by atomic mass is 10.1. The maximum Gasteiger partial charge on any atom is 0.0813 e. The molecule has 1 aromatic rings. The fourth-order valence-corrected chi connectivity index (χ4v) is 1.68. The maximum atomic E-state index is 9.72.